The molecule has 3 rings (SSSR count). The Labute approximate surface area is 131 Å². The zero-order valence-corrected chi connectivity index (χ0v) is 13.2. The van der Waals surface area contributed by atoms with Gasteiger partial charge in [0.25, 0.3) is 0 Å². The van der Waals surface area contributed by atoms with Crippen LogP contribution in [0, 0.1) is 6.92 Å². The van der Waals surface area contributed by atoms with Crippen LogP contribution in [-0.4, -0.2) is 9.97 Å². The number of aryl methyl sites for hydroxylation is 1. The van der Waals surface area contributed by atoms with Crippen molar-refractivity contribution in [1.82, 2.24) is 15.4 Å². The van der Waals surface area contributed by atoms with Gasteiger partial charge in [-0.25, -0.2) is 9.97 Å². The highest BCUT2D eigenvalue weighted by molar-refractivity contribution is 7.11. The predicted molar refractivity (Wildman–Crippen MR) is 88.2 cm³/mol. The van der Waals surface area contributed by atoms with E-state index >= 15 is 0 Å². The van der Waals surface area contributed by atoms with Crippen molar-refractivity contribution >= 4 is 22.7 Å². The van der Waals surface area contributed by atoms with Gasteiger partial charge in [0.1, 0.15) is 0 Å². The fourth-order valence-corrected chi connectivity index (χ4v) is 3.80. The highest BCUT2D eigenvalue weighted by Crippen LogP contribution is 2.27. The molecule has 6 heteroatoms. The van der Waals surface area contributed by atoms with Gasteiger partial charge in [-0.15, -0.1) is 22.7 Å². The summed E-state index contributed by atoms with van der Waals surface area (Å²) < 4.78 is 0. The Kier molecular flexibility index (Phi) is 4.40. The molecule has 0 aliphatic heterocycles. The van der Waals surface area contributed by atoms with E-state index in [1.807, 2.05) is 31.3 Å². The van der Waals surface area contributed by atoms with Crippen molar-refractivity contribution in [2.24, 2.45) is 5.84 Å². The van der Waals surface area contributed by atoms with Crippen LogP contribution in [0.25, 0.3) is 11.3 Å². The molecule has 2 aromatic heterocycles. The van der Waals surface area contributed by atoms with Crippen molar-refractivity contribution in [2.45, 2.75) is 19.4 Å². The Bertz CT molecular complexity index is 705. The Hall–Kier alpha value is -1.60. The standard InChI is InChI=1S/C15H16N4S2/c1-10-17-8-14(21-10)12(19-16)7-15-18-13(9-20-15)11-5-3-2-4-6-11/h2-6,8-9,12,19H,7,16H2,1H3. The molecule has 0 aliphatic carbocycles. The van der Waals surface area contributed by atoms with E-state index in [0.717, 1.165) is 32.6 Å². The molecule has 0 saturated carbocycles. The number of aromatic nitrogens is 2. The first kappa shape index (κ1) is 14.3. The third kappa shape index (κ3) is 3.36. The number of nitrogens with two attached hydrogens (primary N) is 1. The van der Waals surface area contributed by atoms with Crippen LogP contribution in [0.15, 0.2) is 41.9 Å². The van der Waals surface area contributed by atoms with E-state index in [2.05, 4.69) is 27.9 Å². The summed E-state index contributed by atoms with van der Waals surface area (Å²) in [4.78, 5) is 10.1. The normalized spacial score (nSPS) is 12.5. The lowest BCUT2D eigenvalue weighted by atomic mass is 10.2. The molecule has 0 amide bonds. The largest absolute Gasteiger partial charge is 0.271 e. The minimum atomic E-state index is 0.0611. The highest BCUT2D eigenvalue weighted by Gasteiger charge is 2.15. The second-order valence-electron chi connectivity index (χ2n) is 4.70. The van der Waals surface area contributed by atoms with Gasteiger partial charge in [-0.1, -0.05) is 30.3 Å². The summed E-state index contributed by atoms with van der Waals surface area (Å²) in [7, 11) is 0. The average Bonchev–Trinajstić information content (AvgIpc) is 3.15. The van der Waals surface area contributed by atoms with E-state index in [1.165, 1.54) is 0 Å². The SMILES string of the molecule is Cc1ncc(C(Cc2nc(-c3ccccc3)cs2)NN)s1. The Morgan fingerprint density at radius 3 is 2.76 bits per heavy atom. The first-order valence-corrected chi connectivity index (χ1v) is 8.34. The van der Waals surface area contributed by atoms with Crippen LogP contribution in [0.4, 0.5) is 0 Å². The number of hydrogen-bond donors (Lipinski definition) is 2. The molecule has 0 radical (unpaired) electrons. The van der Waals surface area contributed by atoms with Crippen molar-refractivity contribution < 1.29 is 0 Å². The van der Waals surface area contributed by atoms with Gasteiger partial charge in [0.2, 0.25) is 0 Å². The van der Waals surface area contributed by atoms with Crippen LogP contribution in [0.1, 0.15) is 20.9 Å². The molecular formula is C15H16N4S2. The summed E-state index contributed by atoms with van der Waals surface area (Å²) in [6, 6.07) is 10.3. The summed E-state index contributed by atoms with van der Waals surface area (Å²) >= 11 is 3.33. The van der Waals surface area contributed by atoms with Gasteiger partial charge in [0, 0.05) is 28.4 Å². The first-order chi connectivity index (χ1) is 10.3. The first-order valence-electron chi connectivity index (χ1n) is 6.64. The van der Waals surface area contributed by atoms with Crippen LogP contribution in [0.5, 0.6) is 0 Å². The van der Waals surface area contributed by atoms with Gasteiger partial charge >= 0.3 is 0 Å². The molecule has 0 aliphatic rings. The maximum absolute atomic E-state index is 5.69. The Morgan fingerprint density at radius 1 is 1.29 bits per heavy atom. The van der Waals surface area contributed by atoms with Crippen molar-refractivity contribution in [2.75, 3.05) is 0 Å². The quantitative estimate of drug-likeness (QED) is 0.560. The zero-order valence-electron chi connectivity index (χ0n) is 11.6. The zero-order chi connectivity index (χ0) is 14.7. The van der Waals surface area contributed by atoms with Gasteiger partial charge in [-0.3, -0.25) is 11.3 Å². The molecule has 1 aromatic carbocycles. The molecule has 0 bridgehead atoms. The van der Waals surface area contributed by atoms with Crippen LogP contribution in [0.3, 0.4) is 0 Å². The smallest absolute Gasteiger partial charge is 0.0952 e. The highest BCUT2D eigenvalue weighted by atomic mass is 32.1. The maximum atomic E-state index is 5.69. The monoisotopic (exact) mass is 316 g/mol. The lowest BCUT2D eigenvalue weighted by Crippen LogP contribution is -2.28. The number of nitrogens with one attached hydrogen (secondary N) is 1. The fourth-order valence-electron chi connectivity index (χ4n) is 2.10. The molecule has 1 unspecified atom stereocenters. The number of nitrogens with zero attached hydrogens (tertiary/aromatic N) is 2. The van der Waals surface area contributed by atoms with Crippen LogP contribution in [-0.2, 0) is 6.42 Å². The van der Waals surface area contributed by atoms with Crippen LogP contribution < -0.4 is 11.3 Å². The second kappa shape index (κ2) is 6.44. The Morgan fingerprint density at radius 2 is 2.10 bits per heavy atom. The van der Waals surface area contributed by atoms with Crippen molar-refractivity contribution in [3.63, 3.8) is 0 Å². The van der Waals surface area contributed by atoms with Crippen molar-refractivity contribution in [3.8, 4) is 11.3 Å². The number of rotatable bonds is 5. The minimum absolute atomic E-state index is 0.0611. The predicted octanol–water partition coefficient (Wildman–Crippen LogP) is 3.32. The fraction of sp³-hybridized carbons (Fsp3) is 0.200. The van der Waals surface area contributed by atoms with Crippen LogP contribution >= 0.6 is 22.7 Å². The summed E-state index contributed by atoms with van der Waals surface area (Å²) in [5.74, 6) is 5.69. The van der Waals surface area contributed by atoms with Gasteiger partial charge in [-0.05, 0) is 6.92 Å². The van der Waals surface area contributed by atoms with Gasteiger partial charge in [0.15, 0.2) is 0 Å². The van der Waals surface area contributed by atoms with Crippen molar-refractivity contribution in [1.29, 1.82) is 0 Å². The van der Waals surface area contributed by atoms with E-state index < -0.39 is 0 Å². The molecule has 108 valence electrons. The lowest BCUT2D eigenvalue weighted by molar-refractivity contribution is 0.558. The molecular weight excluding hydrogens is 300 g/mol. The number of thiazole rings is 2. The second-order valence-corrected chi connectivity index (χ2v) is 6.91. The molecule has 0 spiro atoms. The van der Waals surface area contributed by atoms with E-state index in [-0.39, 0.29) is 6.04 Å². The molecule has 1 atom stereocenters. The summed E-state index contributed by atoms with van der Waals surface area (Å²) in [6.45, 7) is 2.00. The molecule has 4 nitrogen and oxygen atoms in total. The van der Waals surface area contributed by atoms with Gasteiger partial charge < -0.3 is 0 Å². The summed E-state index contributed by atoms with van der Waals surface area (Å²) in [6.07, 6.45) is 2.66. The molecule has 2 heterocycles. The average molecular weight is 316 g/mol. The Balaban J connectivity index is 1.77. The molecule has 3 aromatic rings. The lowest BCUT2D eigenvalue weighted by Gasteiger charge is -2.11. The minimum Gasteiger partial charge on any atom is -0.271 e. The maximum Gasteiger partial charge on any atom is 0.0952 e. The van der Waals surface area contributed by atoms with Gasteiger partial charge in [0.05, 0.1) is 21.8 Å². The number of benzene rings is 1. The number of hydrogen-bond acceptors (Lipinski definition) is 6. The summed E-state index contributed by atoms with van der Waals surface area (Å²) in [5.41, 5.74) is 5.03. The molecule has 0 saturated heterocycles. The van der Waals surface area contributed by atoms with E-state index in [1.54, 1.807) is 22.7 Å². The third-order valence-corrected chi connectivity index (χ3v) is 5.08. The molecule has 0 fully saturated rings. The molecule has 3 N–H and O–H groups in total. The van der Waals surface area contributed by atoms with E-state index in [9.17, 15) is 0 Å². The van der Waals surface area contributed by atoms with E-state index in [4.69, 9.17) is 10.8 Å². The molecule has 21 heavy (non-hydrogen) atoms. The third-order valence-electron chi connectivity index (χ3n) is 3.18. The number of hydrazine groups is 1. The summed E-state index contributed by atoms with van der Waals surface area (Å²) in [5, 5.41) is 4.22. The van der Waals surface area contributed by atoms with Crippen molar-refractivity contribution in [3.05, 3.63) is 56.8 Å². The topological polar surface area (TPSA) is 63.8 Å². The van der Waals surface area contributed by atoms with Crippen LogP contribution in [0.2, 0.25) is 0 Å². The van der Waals surface area contributed by atoms with Gasteiger partial charge in [-0.2, -0.15) is 0 Å². The van der Waals surface area contributed by atoms with E-state index in [0.29, 0.717) is 0 Å².